The lowest BCUT2D eigenvalue weighted by atomic mass is 10.1. The fraction of sp³-hybridized carbons (Fsp3) is 0.167. The van der Waals surface area contributed by atoms with Gasteiger partial charge in [0.25, 0.3) is 11.8 Å². The van der Waals surface area contributed by atoms with E-state index in [4.69, 9.17) is 4.74 Å². The zero-order valence-corrected chi connectivity index (χ0v) is 16.6. The van der Waals surface area contributed by atoms with E-state index in [1.165, 1.54) is 0 Å². The molecule has 148 valence electrons. The number of ether oxygens (including phenoxy) is 1. The van der Waals surface area contributed by atoms with Crippen molar-refractivity contribution in [3.8, 4) is 5.75 Å². The Balaban J connectivity index is 1.60. The number of benzene rings is 3. The first-order chi connectivity index (χ1) is 14.1. The molecule has 0 aliphatic rings. The molecular formula is C24H24N2O3. The second-order valence-corrected chi connectivity index (χ2v) is 6.63. The number of anilines is 1. The largest absolute Gasteiger partial charge is 0.497 e. The lowest BCUT2D eigenvalue weighted by Crippen LogP contribution is -2.28. The van der Waals surface area contributed by atoms with Gasteiger partial charge in [0.1, 0.15) is 5.75 Å². The van der Waals surface area contributed by atoms with Gasteiger partial charge in [-0.1, -0.05) is 36.4 Å². The summed E-state index contributed by atoms with van der Waals surface area (Å²) in [5, 5.41) is 2.91. The molecule has 5 nitrogen and oxygen atoms in total. The zero-order chi connectivity index (χ0) is 20.6. The average molecular weight is 388 g/mol. The highest BCUT2D eigenvalue weighted by atomic mass is 16.5. The predicted molar refractivity (Wildman–Crippen MR) is 115 cm³/mol. The summed E-state index contributed by atoms with van der Waals surface area (Å²) in [6.45, 7) is 0.507. The van der Waals surface area contributed by atoms with Crippen molar-refractivity contribution in [3.63, 3.8) is 0 Å². The van der Waals surface area contributed by atoms with E-state index in [-0.39, 0.29) is 11.8 Å². The Hall–Kier alpha value is -3.60. The summed E-state index contributed by atoms with van der Waals surface area (Å²) in [6.07, 6.45) is 0.713. The standard InChI is InChI=1S/C24H24N2O3/c1-26(21-9-4-3-5-10-21)24(28)20-8-6-7-19(17-20)23(27)25-16-15-18-11-13-22(29-2)14-12-18/h3-14,17H,15-16H2,1-2H3,(H,25,27). The first-order valence-electron chi connectivity index (χ1n) is 9.43. The van der Waals surface area contributed by atoms with Crippen LogP contribution >= 0.6 is 0 Å². The fourth-order valence-electron chi connectivity index (χ4n) is 2.97. The van der Waals surface area contributed by atoms with Crippen LogP contribution in [0, 0.1) is 0 Å². The van der Waals surface area contributed by atoms with Crippen molar-refractivity contribution < 1.29 is 14.3 Å². The first kappa shape index (κ1) is 20.1. The van der Waals surface area contributed by atoms with Crippen LogP contribution < -0.4 is 15.0 Å². The third kappa shape index (κ3) is 5.23. The predicted octanol–water partition coefficient (Wildman–Crippen LogP) is 3.94. The third-order valence-electron chi connectivity index (χ3n) is 4.68. The van der Waals surface area contributed by atoms with Crippen LogP contribution in [0.4, 0.5) is 5.69 Å². The highest BCUT2D eigenvalue weighted by Gasteiger charge is 2.15. The van der Waals surface area contributed by atoms with Gasteiger partial charge in [-0.2, -0.15) is 0 Å². The van der Waals surface area contributed by atoms with Gasteiger partial charge in [0, 0.05) is 30.4 Å². The molecule has 2 amide bonds. The molecular weight excluding hydrogens is 364 g/mol. The summed E-state index contributed by atoms with van der Waals surface area (Å²) in [4.78, 5) is 26.8. The lowest BCUT2D eigenvalue weighted by molar-refractivity contribution is 0.0954. The number of para-hydroxylation sites is 1. The van der Waals surface area contributed by atoms with Crippen molar-refractivity contribution in [2.75, 3.05) is 25.6 Å². The topological polar surface area (TPSA) is 58.6 Å². The molecule has 1 N–H and O–H groups in total. The molecule has 0 fully saturated rings. The van der Waals surface area contributed by atoms with Crippen LogP contribution in [-0.4, -0.2) is 32.5 Å². The molecule has 5 heteroatoms. The van der Waals surface area contributed by atoms with Crippen molar-refractivity contribution in [1.82, 2.24) is 5.32 Å². The van der Waals surface area contributed by atoms with E-state index in [9.17, 15) is 9.59 Å². The van der Waals surface area contributed by atoms with Crippen LogP contribution in [0.5, 0.6) is 5.75 Å². The van der Waals surface area contributed by atoms with Crippen molar-refractivity contribution in [3.05, 3.63) is 95.6 Å². The van der Waals surface area contributed by atoms with Gasteiger partial charge in [-0.05, 0) is 54.4 Å². The summed E-state index contributed by atoms with van der Waals surface area (Å²) in [6, 6.07) is 23.9. The van der Waals surface area contributed by atoms with E-state index in [0.717, 1.165) is 17.0 Å². The maximum absolute atomic E-state index is 12.8. The number of methoxy groups -OCH3 is 1. The average Bonchev–Trinajstić information content (AvgIpc) is 2.79. The van der Waals surface area contributed by atoms with Crippen LogP contribution in [0.25, 0.3) is 0 Å². The molecule has 0 saturated carbocycles. The third-order valence-corrected chi connectivity index (χ3v) is 4.68. The van der Waals surface area contributed by atoms with Crippen LogP contribution in [0.2, 0.25) is 0 Å². The molecule has 0 aliphatic carbocycles. The summed E-state index contributed by atoms with van der Waals surface area (Å²) < 4.78 is 5.14. The normalized spacial score (nSPS) is 10.3. The van der Waals surface area contributed by atoms with Gasteiger partial charge in [-0.25, -0.2) is 0 Å². The second kappa shape index (κ2) is 9.55. The number of nitrogens with zero attached hydrogens (tertiary/aromatic N) is 1. The highest BCUT2D eigenvalue weighted by molar-refractivity contribution is 6.07. The molecule has 3 rings (SSSR count). The Morgan fingerprint density at radius 3 is 2.28 bits per heavy atom. The molecule has 0 saturated heterocycles. The summed E-state index contributed by atoms with van der Waals surface area (Å²) in [7, 11) is 3.35. The molecule has 3 aromatic carbocycles. The van der Waals surface area contributed by atoms with E-state index in [2.05, 4.69) is 5.32 Å². The number of nitrogens with one attached hydrogen (secondary N) is 1. The smallest absolute Gasteiger partial charge is 0.258 e. The van der Waals surface area contributed by atoms with Crippen LogP contribution in [0.1, 0.15) is 26.3 Å². The Morgan fingerprint density at radius 2 is 1.59 bits per heavy atom. The Bertz CT molecular complexity index is 969. The number of amides is 2. The van der Waals surface area contributed by atoms with E-state index < -0.39 is 0 Å². The number of rotatable bonds is 7. The van der Waals surface area contributed by atoms with Crippen molar-refractivity contribution in [2.45, 2.75) is 6.42 Å². The van der Waals surface area contributed by atoms with Crippen molar-refractivity contribution in [2.24, 2.45) is 0 Å². The zero-order valence-electron chi connectivity index (χ0n) is 16.6. The number of carbonyl (C=O) groups is 2. The minimum Gasteiger partial charge on any atom is -0.497 e. The minimum absolute atomic E-state index is 0.163. The molecule has 0 aromatic heterocycles. The number of hydrogen-bond acceptors (Lipinski definition) is 3. The highest BCUT2D eigenvalue weighted by Crippen LogP contribution is 2.16. The van der Waals surface area contributed by atoms with Crippen molar-refractivity contribution in [1.29, 1.82) is 0 Å². The van der Waals surface area contributed by atoms with Crippen LogP contribution in [0.15, 0.2) is 78.9 Å². The van der Waals surface area contributed by atoms with Gasteiger partial charge in [-0.15, -0.1) is 0 Å². The molecule has 3 aromatic rings. The number of hydrogen-bond donors (Lipinski definition) is 1. The summed E-state index contributed by atoms with van der Waals surface area (Å²) >= 11 is 0. The SMILES string of the molecule is COc1ccc(CCNC(=O)c2cccc(C(=O)N(C)c3ccccc3)c2)cc1. The van der Waals surface area contributed by atoms with E-state index >= 15 is 0 Å². The second-order valence-electron chi connectivity index (χ2n) is 6.63. The van der Waals surface area contributed by atoms with E-state index in [1.807, 2.05) is 54.6 Å². The minimum atomic E-state index is -0.199. The Labute approximate surface area is 170 Å². The van der Waals surface area contributed by atoms with Crippen molar-refractivity contribution >= 4 is 17.5 Å². The molecule has 0 atom stereocenters. The quantitative estimate of drug-likeness (QED) is 0.667. The molecule has 0 spiro atoms. The molecule has 0 bridgehead atoms. The van der Waals surface area contributed by atoms with Crippen LogP contribution in [0.3, 0.4) is 0 Å². The maximum Gasteiger partial charge on any atom is 0.258 e. The van der Waals surface area contributed by atoms with E-state index in [1.54, 1.807) is 43.3 Å². The van der Waals surface area contributed by atoms with Gasteiger partial charge in [0.15, 0.2) is 0 Å². The molecule has 0 unspecified atom stereocenters. The number of carbonyl (C=O) groups excluding carboxylic acids is 2. The monoisotopic (exact) mass is 388 g/mol. The van der Waals surface area contributed by atoms with Gasteiger partial charge in [-0.3, -0.25) is 9.59 Å². The Morgan fingerprint density at radius 1 is 0.897 bits per heavy atom. The lowest BCUT2D eigenvalue weighted by Gasteiger charge is -2.17. The molecule has 0 aliphatic heterocycles. The summed E-state index contributed by atoms with van der Waals surface area (Å²) in [5.41, 5.74) is 2.84. The maximum atomic E-state index is 12.8. The van der Waals surface area contributed by atoms with Crippen LogP contribution in [-0.2, 0) is 6.42 Å². The van der Waals surface area contributed by atoms with E-state index in [0.29, 0.717) is 24.1 Å². The van der Waals surface area contributed by atoms with Gasteiger partial charge >= 0.3 is 0 Å². The summed E-state index contributed by atoms with van der Waals surface area (Å²) in [5.74, 6) is 0.444. The first-order valence-corrected chi connectivity index (χ1v) is 9.43. The fourth-order valence-corrected chi connectivity index (χ4v) is 2.97. The Kier molecular flexibility index (Phi) is 6.63. The van der Waals surface area contributed by atoms with Gasteiger partial charge in [0.2, 0.25) is 0 Å². The van der Waals surface area contributed by atoms with Gasteiger partial charge < -0.3 is 15.0 Å². The molecule has 0 heterocycles. The van der Waals surface area contributed by atoms with Gasteiger partial charge in [0.05, 0.1) is 7.11 Å². The molecule has 0 radical (unpaired) electrons. The molecule has 29 heavy (non-hydrogen) atoms.